The van der Waals surface area contributed by atoms with Crippen molar-refractivity contribution in [1.82, 2.24) is 10.3 Å². The van der Waals surface area contributed by atoms with Crippen LogP contribution in [0.25, 0.3) is 0 Å². The maximum Gasteiger partial charge on any atom is 0.323 e. The summed E-state index contributed by atoms with van der Waals surface area (Å²) < 4.78 is 12.6. The smallest absolute Gasteiger partial charge is 0.323 e. The highest BCUT2D eigenvalue weighted by atomic mass is 19.1. The van der Waals surface area contributed by atoms with Crippen LogP contribution in [0.15, 0.2) is 18.3 Å². The molecule has 0 aromatic carbocycles. The number of nitrogens with one attached hydrogen (secondary N) is 1. The highest BCUT2D eigenvalue weighted by molar-refractivity contribution is 5.92. The van der Waals surface area contributed by atoms with Gasteiger partial charge in [0.25, 0.3) is 0 Å². The second kappa shape index (κ2) is 4.37. The molecule has 2 amide bonds. The first-order valence-corrected chi connectivity index (χ1v) is 5.17. The first-order chi connectivity index (χ1) is 8.13. The molecular formula is C11H11FN4O. The Labute approximate surface area is 97.9 Å². The first kappa shape index (κ1) is 11.3. The number of carbonyl (C=O) groups excluding carboxylic acids is 1. The molecule has 6 heteroatoms. The third-order valence-electron chi connectivity index (χ3n) is 2.55. The van der Waals surface area contributed by atoms with E-state index in [0.29, 0.717) is 12.0 Å². The van der Waals surface area contributed by atoms with Crippen molar-refractivity contribution in [3.63, 3.8) is 0 Å². The maximum atomic E-state index is 12.6. The van der Waals surface area contributed by atoms with Crippen LogP contribution in [-0.2, 0) is 0 Å². The summed E-state index contributed by atoms with van der Waals surface area (Å²) in [5, 5.41) is 11.4. The number of hydrogen-bond donors (Lipinski definition) is 1. The second-order valence-corrected chi connectivity index (χ2v) is 3.85. The van der Waals surface area contributed by atoms with Gasteiger partial charge in [0, 0.05) is 19.7 Å². The monoisotopic (exact) mass is 234 g/mol. The highest BCUT2D eigenvalue weighted by Gasteiger charge is 2.39. The van der Waals surface area contributed by atoms with Crippen LogP contribution in [0.3, 0.4) is 0 Å². The Hall–Kier alpha value is -2.16. The van der Waals surface area contributed by atoms with E-state index in [-0.39, 0.29) is 5.82 Å². The molecule has 1 aromatic rings. The van der Waals surface area contributed by atoms with E-state index in [1.807, 2.05) is 6.07 Å². The van der Waals surface area contributed by atoms with E-state index < -0.39 is 18.2 Å². The minimum Gasteiger partial charge on any atom is -0.332 e. The van der Waals surface area contributed by atoms with E-state index in [4.69, 9.17) is 5.26 Å². The Morgan fingerprint density at radius 2 is 2.47 bits per heavy atom. The van der Waals surface area contributed by atoms with Crippen molar-refractivity contribution < 1.29 is 9.18 Å². The molecular weight excluding hydrogens is 223 g/mol. The molecule has 1 N–H and O–H groups in total. The molecule has 2 atom stereocenters. The molecule has 1 fully saturated rings. The number of pyridine rings is 1. The zero-order valence-corrected chi connectivity index (χ0v) is 9.22. The summed E-state index contributed by atoms with van der Waals surface area (Å²) in [6.45, 7) is 0. The Bertz CT molecular complexity index is 485. The van der Waals surface area contributed by atoms with Crippen molar-refractivity contribution in [3.8, 4) is 6.07 Å². The van der Waals surface area contributed by atoms with Gasteiger partial charge in [0.15, 0.2) is 5.82 Å². The Kier molecular flexibility index (Phi) is 2.91. The van der Waals surface area contributed by atoms with Gasteiger partial charge < -0.3 is 5.32 Å². The number of aromatic nitrogens is 1. The molecule has 1 heterocycles. The molecule has 2 rings (SSSR count). The summed E-state index contributed by atoms with van der Waals surface area (Å²) in [5.74, 6) is 0.267. The summed E-state index contributed by atoms with van der Waals surface area (Å²) in [6, 6.07) is 4.28. The SMILES string of the molecule is CN(C(=O)N[C@@H]1C[C@@H]1F)c1ncccc1C#N. The summed E-state index contributed by atoms with van der Waals surface area (Å²) in [6.07, 6.45) is 0.897. The van der Waals surface area contributed by atoms with Gasteiger partial charge in [0.1, 0.15) is 12.2 Å². The van der Waals surface area contributed by atoms with Crippen molar-refractivity contribution >= 4 is 11.8 Å². The van der Waals surface area contributed by atoms with Gasteiger partial charge in [-0.1, -0.05) is 0 Å². The lowest BCUT2D eigenvalue weighted by Gasteiger charge is -2.17. The molecule has 1 aliphatic rings. The lowest BCUT2D eigenvalue weighted by molar-refractivity contribution is 0.245. The molecule has 0 radical (unpaired) electrons. The highest BCUT2D eigenvalue weighted by Crippen LogP contribution is 2.25. The third kappa shape index (κ3) is 2.33. The normalized spacial score (nSPS) is 21.5. The molecule has 1 saturated carbocycles. The van der Waals surface area contributed by atoms with E-state index in [2.05, 4.69) is 10.3 Å². The minimum absolute atomic E-state index is 0.267. The number of urea groups is 1. The van der Waals surface area contributed by atoms with E-state index >= 15 is 0 Å². The van der Waals surface area contributed by atoms with Gasteiger partial charge in [-0.05, 0) is 12.1 Å². The molecule has 1 aliphatic carbocycles. The number of nitrogens with zero attached hydrogens (tertiary/aromatic N) is 3. The zero-order valence-electron chi connectivity index (χ0n) is 9.22. The number of anilines is 1. The third-order valence-corrected chi connectivity index (χ3v) is 2.55. The van der Waals surface area contributed by atoms with Gasteiger partial charge in [0.05, 0.1) is 11.6 Å². The number of hydrogen-bond acceptors (Lipinski definition) is 3. The quantitative estimate of drug-likeness (QED) is 0.836. The molecule has 17 heavy (non-hydrogen) atoms. The van der Waals surface area contributed by atoms with Crippen LogP contribution >= 0.6 is 0 Å². The Morgan fingerprint density at radius 1 is 1.76 bits per heavy atom. The van der Waals surface area contributed by atoms with Crippen LogP contribution in [0, 0.1) is 11.3 Å². The number of alkyl halides is 1. The zero-order chi connectivity index (χ0) is 12.4. The van der Waals surface area contributed by atoms with E-state index in [0.717, 1.165) is 0 Å². The molecule has 0 saturated heterocycles. The largest absolute Gasteiger partial charge is 0.332 e. The van der Waals surface area contributed by atoms with Crippen LogP contribution in [0.5, 0.6) is 0 Å². The van der Waals surface area contributed by atoms with E-state index in [1.165, 1.54) is 18.1 Å². The molecule has 5 nitrogen and oxygen atoms in total. The van der Waals surface area contributed by atoms with Gasteiger partial charge in [-0.15, -0.1) is 0 Å². The maximum absolute atomic E-state index is 12.6. The van der Waals surface area contributed by atoms with Gasteiger partial charge in [-0.2, -0.15) is 5.26 Å². The van der Waals surface area contributed by atoms with E-state index in [1.54, 1.807) is 12.1 Å². The van der Waals surface area contributed by atoms with Gasteiger partial charge in [-0.3, -0.25) is 4.90 Å². The number of amides is 2. The molecule has 0 aliphatic heterocycles. The van der Waals surface area contributed by atoms with Crippen molar-refractivity contribution in [3.05, 3.63) is 23.9 Å². The predicted molar refractivity (Wildman–Crippen MR) is 59.2 cm³/mol. The topological polar surface area (TPSA) is 69.0 Å². The van der Waals surface area contributed by atoms with Crippen LogP contribution < -0.4 is 10.2 Å². The number of rotatable bonds is 2. The number of halogens is 1. The molecule has 0 unspecified atom stereocenters. The fraction of sp³-hybridized carbons (Fsp3) is 0.364. The standard InChI is InChI=1S/C11H11FN4O/c1-16(11(17)15-9-5-8(9)12)10-7(6-13)3-2-4-14-10/h2-4,8-9H,5H2,1H3,(H,15,17)/t8-,9+/m0/s1. The second-order valence-electron chi connectivity index (χ2n) is 3.85. The molecule has 0 spiro atoms. The van der Waals surface area contributed by atoms with Crippen LogP contribution in [0.1, 0.15) is 12.0 Å². The van der Waals surface area contributed by atoms with Crippen molar-refractivity contribution in [2.75, 3.05) is 11.9 Å². The molecule has 1 aromatic heterocycles. The Balaban J connectivity index is 2.10. The lowest BCUT2D eigenvalue weighted by Crippen LogP contribution is -2.40. The van der Waals surface area contributed by atoms with Crippen molar-refractivity contribution in [2.24, 2.45) is 0 Å². The molecule has 88 valence electrons. The summed E-state index contributed by atoms with van der Waals surface area (Å²) in [7, 11) is 1.49. The molecule has 0 bridgehead atoms. The average Bonchev–Trinajstić information content (AvgIpc) is 3.03. The van der Waals surface area contributed by atoms with Crippen molar-refractivity contribution in [2.45, 2.75) is 18.6 Å². The number of carbonyl (C=O) groups is 1. The lowest BCUT2D eigenvalue weighted by atomic mass is 10.3. The fourth-order valence-electron chi connectivity index (χ4n) is 1.42. The van der Waals surface area contributed by atoms with Crippen LogP contribution in [0.2, 0.25) is 0 Å². The van der Waals surface area contributed by atoms with Crippen LogP contribution in [0.4, 0.5) is 15.0 Å². The summed E-state index contributed by atoms with van der Waals surface area (Å²) >= 11 is 0. The summed E-state index contributed by atoms with van der Waals surface area (Å²) in [4.78, 5) is 16.9. The van der Waals surface area contributed by atoms with Gasteiger partial charge in [0.2, 0.25) is 0 Å². The predicted octanol–water partition coefficient (Wildman–Crippen LogP) is 1.21. The van der Waals surface area contributed by atoms with E-state index in [9.17, 15) is 9.18 Å². The fourth-order valence-corrected chi connectivity index (χ4v) is 1.42. The van der Waals surface area contributed by atoms with Gasteiger partial charge in [-0.25, -0.2) is 14.2 Å². The van der Waals surface area contributed by atoms with Crippen LogP contribution in [-0.4, -0.2) is 30.3 Å². The van der Waals surface area contributed by atoms with Gasteiger partial charge >= 0.3 is 6.03 Å². The Morgan fingerprint density at radius 3 is 3.06 bits per heavy atom. The van der Waals surface area contributed by atoms with Crippen molar-refractivity contribution in [1.29, 1.82) is 5.26 Å². The minimum atomic E-state index is -0.952. The average molecular weight is 234 g/mol. The number of nitriles is 1. The first-order valence-electron chi connectivity index (χ1n) is 5.17. The summed E-state index contributed by atoms with van der Waals surface area (Å²) in [5.41, 5.74) is 0.303.